The van der Waals surface area contributed by atoms with Crippen LogP contribution in [0.3, 0.4) is 0 Å². The SMILES string of the molecule is CN(C)c1ccc(N)cc1C(=O)N1CCCSCC1. The van der Waals surface area contributed by atoms with Crippen LogP contribution in [0.5, 0.6) is 0 Å². The second-order valence-electron chi connectivity index (χ2n) is 4.93. The fourth-order valence-corrected chi connectivity index (χ4v) is 3.12. The fourth-order valence-electron chi connectivity index (χ4n) is 2.23. The van der Waals surface area contributed by atoms with Crippen LogP contribution in [0, 0.1) is 0 Å². The standard InChI is InChI=1S/C14H21N3OS/c1-16(2)13-5-4-11(15)10-12(13)14(18)17-6-3-8-19-9-7-17/h4-5,10H,3,6-9,15H2,1-2H3. The Morgan fingerprint density at radius 1 is 1.32 bits per heavy atom. The number of rotatable bonds is 2. The Morgan fingerprint density at radius 3 is 2.84 bits per heavy atom. The van der Waals surface area contributed by atoms with Crippen molar-refractivity contribution in [3.05, 3.63) is 23.8 Å². The lowest BCUT2D eigenvalue weighted by Crippen LogP contribution is -2.34. The van der Waals surface area contributed by atoms with Gasteiger partial charge in [-0.1, -0.05) is 0 Å². The summed E-state index contributed by atoms with van der Waals surface area (Å²) in [6.07, 6.45) is 1.07. The summed E-state index contributed by atoms with van der Waals surface area (Å²) in [5.41, 5.74) is 8.10. The zero-order chi connectivity index (χ0) is 13.8. The second kappa shape index (κ2) is 6.19. The third-order valence-corrected chi connectivity index (χ3v) is 4.29. The van der Waals surface area contributed by atoms with Gasteiger partial charge >= 0.3 is 0 Å². The topological polar surface area (TPSA) is 49.6 Å². The van der Waals surface area contributed by atoms with Gasteiger partial charge in [-0.05, 0) is 30.4 Å². The zero-order valence-electron chi connectivity index (χ0n) is 11.6. The first-order valence-corrected chi connectivity index (χ1v) is 7.69. The number of carbonyl (C=O) groups is 1. The molecule has 0 unspecified atom stereocenters. The van der Waals surface area contributed by atoms with E-state index in [0.717, 1.165) is 36.7 Å². The number of anilines is 2. The van der Waals surface area contributed by atoms with Gasteiger partial charge in [-0.2, -0.15) is 11.8 Å². The molecule has 0 atom stereocenters. The fraction of sp³-hybridized carbons (Fsp3) is 0.500. The summed E-state index contributed by atoms with van der Waals surface area (Å²) in [6, 6.07) is 5.54. The molecular weight excluding hydrogens is 258 g/mol. The minimum atomic E-state index is 0.0958. The van der Waals surface area contributed by atoms with E-state index in [1.807, 2.05) is 47.8 Å². The molecule has 0 bridgehead atoms. The lowest BCUT2D eigenvalue weighted by atomic mass is 10.1. The molecule has 1 heterocycles. The summed E-state index contributed by atoms with van der Waals surface area (Å²) >= 11 is 1.92. The van der Waals surface area contributed by atoms with Gasteiger partial charge in [0.2, 0.25) is 0 Å². The molecule has 19 heavy (non-hydrogen) atoms. The number of carbonyl (C=O) groups excluding carboxylic acids is 1. The van der Waals surface area contributed by atoms with Crippen LogP contribution in [0.2, 0.25) is 0 Å². The third kappa shape index (κ3) is 3.35. The minimum Gasteiger partial charge on any atom is -0.399 e. The molecule has 1 aromatic carbocycles. The second-order valence-corrected chi connectivity index (χ2v) is 6.15. The first kappa shape index (κ1) is 14.1. The van der Waals surface area contributed by atoms with Gasteiger partial charge in [0.15, 0.2) is 0 Å². The molecule has 1 saturated heterocycles. The van der Waals surface area contributed by atoms with Crippen LogP contribution in [0.25, 0.3) is 0 Å². The highest BCUT2D eigenvalue weighted by atomic mass is 32.2. The van der Waals surface area contributed by atoms with Crippen molar-refractivity contribution in [2.45, 2.75) is 6.42 Å². The van der Waals surface area contributed by atoms with E-state index in [4.69, 9.17) is 5.73 Å². The van der Waals surface area contributed by atoms with Crippen LogP contribution in [-0.4, -0.2) is 49.5 Å². The number of nitrogens with zero attached hydrogens (tertiary/aromatic N) is 2. The number of nitrogens with two attached hydrogens (primary N) is 1. The largest absolute Gasteiger partial charge is 0.399 e. The predicted octanol–water partition coefficient (Wildman–Crippen LogP) is 1.91. The summed E-state index contributed by atoms with van der Waals surface area (Å²) in [5.74, 6) is 2.26. The van der Waals surface area contributed by atoms with Gasteiger partial charge in [-0.15, -0.1) is 0 Å². The zero-order valence-corrected chi connectivity index (χ0v) is 12.4. The smallest absolute Gasteiger partial charge is 0.256 e. The molecule has 4 nitrogen and oxygen atoms in total. The molecule has 0 aliphatic carbocycles. The molecule has 1 aliphatic heterocycles. The van der Waals surface area contributed by atoms with E-state index in [9.17, 15) is 4.79 Å². The van der Waals surface area contributed by atoms with E-state index < -0.39 is 0 Å². The van der Waals surface area contributed by atoms with Crippen molar-refractivity contribution in [3.8, 4) is 0 Å². The molecule has 5 heteroatoms. The number of nitrogen functional groups attached to an aromatic ring is 1. The van der Waals surface area contributed by atoms with Gasteiger partial charge < -0.3 is 15.5 Å². The molecule has 0 aromatic heterocycles. The molecule has 1 fully saturated rings. The summed E-state index contributed by atoms with van der Waals surface area (Å²) in [7, 11) is 3.89. The van der Waals surface area contributed by atoms with Gasteiger partial charge in [0.1, 0.15) is 0 Å². The molecule has 1 aliphatic rings. The van der Waals surface area contributed by atoms with Crippen LogP contribution in [0.1, 0.15) is 16.8 Å². The maximum Gasteiger partial charge on any atom is 0.256 e. The number of hydrogen-bond acceptors (Lipinski definition) is 4. The average Bonchev–Trinajstić information content (AvgIpc) is 2.66. The Labute approximate surface area is 118 Å². The third-order valence-electron chi connectivity index (χ3n) is 3.24. The molecule has 2 rings (SSSR count). The van der Waals surface area contributed by atoms with Crippen molar-refractivity contribution < 1.29 is 4.79 Å². The van der Waals surface area contributed by atoms with Gasteiger partial charge in [0.05, 0.1) is 5.56 Å². The van der Waals surface area contributed by atoms with E-state index in [1.165, 1.54) is 0 Å². The van der Waals surface area contributed by atoms with Crippen molar-refractivity contribution in [1.29, 1.82) is 0 Å². The van der Waals surface area contributed by atoms with E-state index in [0.29, 0.717) is 11.3 Å². The summed E-state index contributed by atoms with van der Waals surface area (Å²) in [4.78, 5) is 16.6. The molecule has 0 saturated carbocycles. The van der Waals surface area contributed by atoms with Crippen molar-refractivity contribution in [3.63, 3.8) is 0 Å². The van der Waals surface area contributed by atoms with Crippen LogP contribution in [0.15, 0.2) is 18.2 Å². The lowest BCUT2D eigenvalue weighted by molar-refractivity contribution is 0.0769. The van der Waals surface area contributed by atoms with Crippen LogP contribution >= 0.6 is 11.8 Å². The Hall–Kier alpha value is -1.36. The van der Waals surface area contributed by atoms with Gasteiger partial charge in [-0.3, -0.25) is 4.79 Å². The van der Waals surface area contributed by atoms with E-state index in [1.54, 1.807) is 6.07 Å². The Morgan fingerprint density at radius 2 is 2.11 bits per heavy atom. The molecule has 0 spiro atoms. The van der Waals surface area contributed by atoms with Gasteiger partial charge in [-0.25, -0.2) is 0 Å². The van der Waals surface area contributed by atoms with Crippen molar-refractivity contribution >= 4 is 29.0 Å². The van der Waals surface area contributed by atoms with E-state index in [-0.39, 0.29) is 5.91 Å². The van der Waals surface area contributed by atoms with Crippen LogP contribution in [0.4, 0.5) is 11.4 Å². The van der Waals surface area contributed by atoms with Crippen molar-refractivity contribution in [2.24, 2.45) is 0 Å². The average molecular weight is 279 g/mol. The summed E-state index contributed by atoms with van der Waals surface area (Å²) in [6.45, 7) is 1.67. The molecule has 1 amide bonds. The molecule has 104 valence electrons. The quantitative estimate of drug-likeness (QED) is 0.840. The van der Waals surface area contributed by atoms with Gasteiger partial charge in [0, 0.05) is 44.3 Å². The minimum absolute atomic E-state index is 0.0958. The normalized spacial score (nSPS) is 16.0. The van der Waals surface area contributed by atoms with E-state index >= 15 is 0 Å². The van der Waals surface area contributed by atoms with Crippen LogP contribution in [-0.2, 0) is 0 Å². The monoisotopic (exact) mass is 279 g/mol. The lowest BCUT2D eigenvalue weighted by Gasteiger charge is -2.24. The van der Waals surface area contributed by atoms with Gasteiger partial charge in [0.25, 0.3) is 5.91 Å². The molecule has 2 N–H and O–H groups in total. The number of amides is 1. The Balaban J connectivity index is 2.28. The number of hydrogen-bond donors (Lipinski definition) is 1. The predicted molar refractivity (Wildman–Crippen MR) is 83.0 cm³/mol. The maximum atomic E-state index is 12.7. The number of thioether (sulfide) groups is 1. The molecule has 1 aromatic rings. The highest BCUT2D eigenvalue weighted by molar-refractivity contribution is 7.99. The first-order chi connectivity index (χ1) is 9.09. The maximum absolute atomic E-state index is 12.7. The highest BCUT2D eigenvalue weighted by Crippen LogP contribution is 2.24. The summed E-state index contributed by atoms with van der Waals surface area (Å²) < 4.78 is 0. The van der Waals surface area contributed by atoms with Crippen molar-refractivity contribution in [1.82, 2.24) is 4.90 Å². The van der Waals surface area contributed by atoms with E-state index in [2.05, 4.69) is 0 Å². The highest BCUT2D eigenvalue weighted by Gasteiger charge is 2.21. The number of benzene rings is 1. The molecular formula is C14H21N3OS. The van der Waals surface area contributed by atoms with Crippen molar-refractivity contribution in [2.75, 3.05) is 49.3 Å². The van der Waals surface area contributed by atoms with Crippen LogP contribution < -0.4 is 10.6 Å². The summed E-state index contributed by atoms with van der Waals surface area (Å²) in [5, 5.41) is 0. The molecule has 0 radical (unpaired) electrons. The Kier molecular flexibility index (Phi) is 4.58. The first-order valence-electron chi connectivity index (χ1n) is 6.53. The Bertz CT molecular complexity index is 454.